The molecule has 2 atom stereocenters. The topological polar surface area (TPSA) is 58.6 Å². The molecular weight excluding hydrogens is 242 g/mol. The molecular formula is C15H21NO3. The van der Waals surface area contributed by atoms with Gasteiger partial charge in [-0.2, -0.15) is 0 Å². The van der Waals surface area contributed by atoms with E-state index in [0.29, 0.717) is 6.54 Å². The number of hydrogen-bond acceptors (Lipinski definition) is 3. The molecule has 0 aromatic heterocycles. The summed E-state index contributed by atoms with van der Waals surface area (Å²) in [7, 11) is 0. The first-order chi connectivity index (χ1) is 9.16. The second kappa shape index (κ2) is 6.57. The summed E-state index contributed by atoms with van der Waals surface area (Å²) in [6, 6.07) is 7.62. The Morgan fingerprint density at radius 2 is 2.21 bits per heavy atom. The number of ether oxygens (including phenoxy) is 1. The lowest BCUT2D eigenvalue weighted by atomic mass is 10.1. The highest BCUT2D eigenvalue weighted by molar-refractivity contribution is 5.77. The van der Waals surface area contributed by atoms with Crippen LogP contribution in [0.25, 0.3) is 0 Å². The van der Waals surface area contributed by atoms with E-state index in [9.17, 15) is 9.90 Å². The maximum absolute atomic E-state index is 11.7. The number of carbonyl (C=O) groups excluding carboxylic acids is 1. The third-order valence-electron chi connectivity index (χ3n) is 3.63. The molecule has 0 saturated heterocycles. The van der Waals surface area contributed by atoms with E-state index in [-0.39, 0.29) is 24.5 Å². The lowest BCUT2D eigenvalue weighted by Gasteiger charge is -2.15. The van der Waals surface area contributed by atoms with Crippen molar-refractivity contribution in [2.24, 2.45) is 5.92 Å². The molecule has 1 amide bonds. The summed E-state index contributed by atoms with van der Waals surface area (Å²) in [6.45, 7) is 2.51. The van der Waals surface area contributed by atoms with Crippen LogP contribution in [0.15, 0.2) is 24.3 Å². The molecule has 2 unspecified atom stereocenters. The quantitative estimate of drug-likeness (QED) is 0.849. The number of aliphatic hydroxyl groups excluding tert-OH is 1. The molecule has 2 rings (SSSR count). The van der Waals surface area contributed by atoms with Gasteiger partial charge in [-0.3, -0.25) is 4.79 Å². The van der Waals surface area contributed by atoms with E-state index in [1.165, 1.54) is 0 Å². The first-order valence-corrected chi connectivity index (χ1v) is 6.80. The van der Waals surface area contributed by atoms with Crippen LogP contribution in [0.1, 0.15) is 24.8 Å². The molecule has 1 fully saturated rings. The Kier molecular flexibility index (Phi) is 4.80. The minimum Gasteiger partial charge on any atom is -0.484 e. The Balaban J connectivity index is 1.71. The first kappa shape index (κ1) is 13.9. The number of amides is 1. The highest BCUT2D eigenvalue weighted by Crippen LogP contribution is 2.24. The van der Waals surface area contributed by atoms with Crippen LogP contribution < -0.4 is 10.1 Å². The molecule has 19 heavy (non-hydrogen) atoms. The molecule has 104 valence electrons. The molecule has 0 aliphatic heterocycles. The van der Waals surface area contributed by atoms with Gasteiger partial charge in [0.05, 0.1) is 6.10 Å². The highest BCUT2D eigenvalue weighted by atomic mass is 16.5. The zero-order valence-corrected chi connectivity index (χ0v) is 11.3. The number of nitrogens with one attached hydrogen (secondary N) is 1. The maximum atomic E-state index is 11.7. The zero-order chi connectivity index (χ0) is 13.7. The van der Waals surface area contributed by atoms with Gasteiger partial charge in [-0.15, -0.1) is 0 Å². The number of carbonyl (C=O) groups is 1. The fourth-order valence-electron chi connectivity index (χ4n) is 2.41. The normalized spacial score (nSPS) is 22.2. The average Bonchev–Trinajstić information content (AvgIpc) is 2.81. The van der Waals surface area contributed by atoms with Gasteiger partial charge in [-0.05, 0) is 31.4 Å². The number of hydrogen-bond donors (Lipinski definition) is 2. The Morgan fingerprint density at radius 3 is 2.89 bits per heavy atom. The van der Waals surface area contributed by atoms with E-state index in [0.717, 1.165) is 30.6 Å². The maximum Gasteiger partial charge on any atom is 0.257 e. The summed E-state index contributed by atoms with van der Waals surface area (Å²) in [5.74, 6) is 0.795. The minimum atomic E-state index is -0.266. The summed E-state index contributed by atoms with van der Waals surface area (Å²) >= 11 is 0. The Bertz CT molecular complexity index is 433. The smallest absolute Gasteiger partial charge is 0.257 e. The molecule has 1 saturated carbocycles. The number of benzene rings is 1. The molecule has 4 nitrogen and oxygen atoms in total. The van der Waals surface area contributed by atoms with Crippen LogP contribution in [-0.2, 0) is 4.79 Å². The molecule has 1 aliphatic rings. The molecule has 4 heteroatoms. The lowest BCUT2D eigenvalue weighted by Crippen LogP contribution is -2.35. The molecule has 0 heterocycles. The van der Waals surface area contributed by atoms with Gasteiger partial charge in [0.2, 0.25) is 0 Å². The molecule has 0 spiro atoms. The van der Waals surface area contributed by atoms with Gasteiger partial charge < -0.3 is 15.2 Å². The van der Waals surface area contributed by atoms with Gasteiger partial charge >= 0.3 is 0 Å². The van der Waals surface area contributed by atoms with Crippen LogP contribution in [0.4, 0.5) is 0 Å². The van der Waals surface area contributed by atoms with E-state index in [1.54, 1.807) is 0 Å². The van der Waals surface area contributed by atoms with Crippen molar-refractivity contribution in [3.63, 3.8) is 0 Å². The van der Waals surface area contributed by atoms with E-state index in [2.05, 4.69) is 5.32 Å². The summed E-state index contributed by atoms with van der Waals surface area (Å²) in [5.41, 5.74) is 1.02. The average molecular weight is 263 g/mol. The Hall–Kier alpha value is -1.55. The number of aliphatic hydroxyl groups is 1. The van der Waals surface area contributed by atoms with Crippen molar-refractivity contribution in [1.29, 1.82) is 0 Å². The highest BCUT2D eigenvalue weighted by Gasteiger charge is 2.25. The third-order valence-corrected chi connectivity index (χ3v) is 3.63. The van der Waals surface area contributed by atoms with Crippen molar-refractivity contribution >= 4 is 5.91 Å². The van der Waals surface area contributed by atoms with E-state index in [4.69, 9.17) is 4.74 Å². The van der Waals surface area contributed by atoms with Gasteiger partial charge in [0.15, 0.2) is 6.61 Å². The second-order valence-electron chi connectivity index (χ2n) is 5.12. The Labute approximate surface area is 113 Å². The molecule has 1 aromatic rings. The van der Waals surface area contributed by atoms with Gasteiger partial charge in [-0.25, -0.2) is 0 Å². The first-order valence-electron chi connectivity index (χ1n) is 6.80. The summed E-state index contributed by atoms with van der Waals surface area (Å²) < 4.78 is 5.47. The van der Waals surface area contributed by atoms with Crippen LogP contribution in [-0.4, -0.2) is 30.3 Å². The lowest BCUT2D eigenvalue weighted by molar-refractivity contribution is -0.123. The van der Waals surface area contributed by atoms with Crippen LogP contribution in [0.2, 0.25) is 0 Å². The van der Waals surface area contributed by atoms with E-state index < -0.39 is 0 Å². The monoisotopic (exact) mass is 263 g/mol. The van der Waals surface area contributed by atoms with Crippen LogP contribution in [0.5, 0.6) is 5.75 Å². The van der Waals surface area contributed by atoms with Crippen molar-refractivity contribution in [1.82, 2.24) is 5.32 Å². The predicted octanol–water partition coefficient (Wildman–Crippen LogP) is 1.65. The number of para-hydroxylation sites is 1. The fourth-order valence-corrected chi connectivity index (χ4v) is 2.41. The van der Waals surface area contributed by atoms with Crippen molar-refractivity contribution in [3.05, 3.63) is 29.8 Å². The van der Waals surface area contributed by atoms with Crippen molar-refractivity contribution in [2.45, 2.75) is 32.3 Å². The zero-order valence-electron chi connectivity index (χ0n) is 11.3. The predicted molar refractivity (Wildman–Crippen MR) is 73.0 cm³/mol. The second-order valence-corrected chi connectivity index (χ2v) is 5.12. The van der Waals surface area contributed by atoms with Crippen molar-refractivity contribution in [3.8, 4) is 5.75 Å². The van der Waals surface area contributed by atoms with Gasteiger partial charge in [0, 0.05) is 12.5 Å². The molecule has 1 aromatic carbocycles. The summed E-state index contributed by atoms with van der Waals surface area (Å²) in [4.78, 5) is 11.7. The van der Waals surface area contributed by atoms with Crippen molar-refractivity contribution in [2.75, 3.05) is 13.2 Å². The van der Waals surface area contributed by atoms with Crippen LogP contribution >= 0.6 is 0 Å². The summed E-state index contributed by atoms with van der Waals surface area (Å²) in [6.07, 6.45) is 2.61. The van der Waals surface area contributed by atoms with Gasteiger partial charge in [0.25, 0.3) is 5.91 Å². The van der Waals surface area contributed by atoms with Crippen LogP contribution in [0, 0.1) is 12.8 Å². The minimum absolute atomic E-state index is 0.0215. The number of aryl methyl sites for hydroxylation is 1. The van der Waals surface area contributed by atoms with Gasteiger partial charge in [0.1, 0.15) is 5.75 Å². The molecule has 1 aliphatic carbocycles. The van der Waals surface area contributed by atoms with Crippen LogP contribution in [0.3, 0.4) is 0 Å². The summed E-state index contributed by atoms with van der Waals surface area (Å²) in [5, 5.41) is 12.5. The largest absolute Gasteiger partial charge is 0.484 e. The molecule has 0 bridgehead atoms. The third kappa shape index (κ3) is 3.96. The van der Waals surface area contributed by atoms with Gasteiger partial charge in [-0.1, -0.05) is 24.6 Å². The van der Waals surface area contributed by atoms with E-state index in [1.807, 2.05) is 31.2 Å². The Morgan fingerprint density at radius 1 is 1.42 bits per heavy atom. The fraction of sp³-hybridized carbons (Fsp3) is 0.533. The SMILES string of the molecule is Cc1ccccc1OCC(=O)NCC1CCCC1O. The number of rotatable bonds is 5. The van der Waals surface area contributed by atoms with E-state index >= 15 is 0 Å². The molecule has 2 N–H and O–H groups in total. The van der Waals surface area contributed by atoms with Crippen molar-refractivity contribution < 1.29 is 14.6 Å². The standard InChI is InChI=1S/C15H21NO3/c1-11-5-2-3-8-14(11)19-10-15(18)16-9-12-6-4-7-13(12)17/h2-3,5,8,12-13,17H,4,6-7,9-10H2,1H3,(H,16,18). The molecule has 0 radical (unpaired) electrons.